The first-order valence-corrected chi connectivity index (χ1v) is 10.9. The Kier molecular flexibility index (Phi) is 5.91. The number of para-hydroxylation sites is 2. The first-order chi connectivity index (χ1) is 14.9. The standard InChI is InChI=1S/C25H23N3O2S/c1-16-12-14-19(15-13-16)28-24(30)20-9-5-7-11-22(20)27-25(28)31-18(3)23(29)26-21-10-6-4-8-17(21)2/h4-15,18H,1-3H3,(H,26,29). The minimum absolute atomic E-state index is 0.142. The molecule has 4 rings (SSSR count). The van der Waals surface area contributed by atoms with Crippen molar-refractivity contribution in [1.29, 1.82) is 0 Å². The lowest BCUT2D eigenvalue weighted by molar-refractivity contribution is -0.115. The highest BCUT2D eigenvalue weighted by Gasteiger charge is 2.20. The highest BCUT2D eigenvalue weighted by molar-refractivity contribution is 8.00. The first-order valence-electron chi connectivity index (χ1n) is 10.1. The molecule has 1 amide bonds. The van der Waals surface area contributed by atoms with E-state index >= 15 is 0 Å². The topological polar surface area (TPSA) is 64.0 Å². The van der Waals surface area contributed by atoms with Gasteiger partial charge in [0.05, 0.1) is 21.8 Å². The van der Waals surface area contributed by atoms with Crippen molar-refractivity contribution in [2.24, 2.45) is 0 Å². The molecule has 3 aromatic carbocycles. The molecule has 1 N–H and O–H groups in total. The molecule has 0 saturated heterocycles. The van der Waals surface area contributed by atoms with Gasteiger partial charge in [0, 0.05) is 5.69 Å². The predicted octanol–water partition coefficient (Wildman–Crippen LogP) is 5.12. The van der Waals surface area contributed by atoms with Crippen molar-refractivity contribution in [3.8, 4) is 5.69 Å². The van der Waals surface area contributed by atoms with Crippen LogP contribution in [-0.2, 0) is 4.79 Å². The minimum atomic E-state index is -0.454. The fourth-order valence-electron chi connectivity index (χ4n) is 3.27. The zero-order valence-corrected chi connectivity index (χ0v) is 18.4. The summed E-state index contributed by atoms with van der Waals surface area (Å²) in [4.78, 5) is 30.9. The third kappa shape index (κ3) is 4.39. The molecule has 0 saturated carbocycles. The summed E-state index contributed by atoms with van der Waals surface area (Å²) < 4.78 is 1.59. The van der Waals surface area contributed by atoms with Crippen LogP contribution in [0.25, 0.3) is 16.6 Å². The van der Waals surface area contributed by atoms with Gasteiger partial charge in [0.2, 0.25) is 5.91 Å². The van der Waals surface area contributed by atoms with Gasteiger partial charge in [-0.2, -0.15) is 0 Å². The number of amides is 1. The lowest BCUT2D eigenvalue weighted by Gasteiger charge is -2.17. The summed E-state index contributed by atoms with van der Waals surface area (Å²) >= 11 is 1.27. The summed E-state index contributed by atoms with van der Waals surface area (Å²) in [5.74, 6) is -0.142. The fourth-order valence-corrected chi connectivity index (χ4v) is 4.20. The molecule has 6 heteroatoms. The van der Waals surface area contributed by atoms with Crippen molar-refractivity contribution < 1.29 is 4.79 Å². The number of benzene rings is 3. The lowest BCUT2D eigenvalue weighted by atomic mass is 10.2. The Morgan fingerprint density at radius 3 is 2.39 bits per heavy atom. The Morgan fingerprint density at radius 2 is 1.65 bits per heavy atom. The quantitative estimate of drug-likeness (QED) is 0.353. The van der Waals surface area contributed by atoms with Gasteiger partial charge in [-0.05, 0) is 56.7 Å². The number of aromatic nitrogens is 2. The van der Waals surface area contributed by atoms with Crippen molar-refractivity contribution >= 4 is 34.3 Å². The van der Waals surface area contributed by atoms with Crippen molar-refractivity contribution in [2.45, 2.75) is 31.2 Å². The maximum Gasteiger partial charge on any atom is 0.266 e. The third-order valence-electron chi connectivity index (χ3n) is 5.09. The molecule has 0 fully saturated rings. The maximum absolute atomic E-state index is 13.3. The molecule has 156 valence electrons. The Morgan fingerprint density at radius 1 is 0.968 bits per heavy atom. The number of aryl methyl sites for hydroxylation is 2. The van der Waals surface area contributed by atoms with Crippen LogP contribution in [0.2, 0.25) is 0 Å². The summed E-state index contributed by atoms with van der Waals surface area (Å²) in [5, 5.41) is 3.55. The summed E-state index contributed by atoms with van der Waals surface area (Å²) in [6.45, 7) is 5.77. The Hall–Kier alpha value is -3.38. The van der Waals surface area contributed by atoms with Crippen LogP contribution in [0, 0.1) is 13.8 Å². The van der Waals surface area contributed by atoms with E-state index in [4.69, 9.17) is 4.98 Å². The van der Waals surface area contributed by atoms with E-state index in [0.29, 0.717) is 16.1 Å². The highest BCUT2D eigenvalue weighted by atomic mass is 32.2. The van der Waals surface area contributed by atoms with E-state index in [2.05, 4.69) is 5.32 Å². The van der Waals surface area contributed by atoms with Crippen molar-refractivity contribution in [1.82, 2.24) is 9.55 Å². The van der Waals surface area contributed by atoms with E-state index in [-0.39, 0.29) is 11.5 Å². The number of fused-ring (bicyclic) bond motifs is 1. The van der Waals surface area contributed by atoms with Crippen molar-refractivity contribution in [3.05, 3.63) is 94.3 Å². The molecule has 0 radical (unpaired) electrons. The molecule has 5 nitrogen and oxygen atoms in total. The molecule has 0 aliphatic carbocycles. The van der Waals surface area contributed by atoms with Gasteiger partial charge in [0.25, 0.3) is 5.56 Å². The number of nitrogens with one attached hydrogen (secondary N) is 1. The number of carbonyl (C=O) groups excluding carboxylic acids is 1. The zero-order chi connectivity index (χ0) is 22.0. The smallest absolute Gasteiger partial charge is 0.266 e. The largest absolute Gasteiger partial charge is 0.325 e. The maximum atomic E-state index is 13.3. The lowest BCUT2D eigenvalue weighted by Crippen LogP contribution is -2.26. The van der Waals surface area contributed by atoms with E-state index in [1.165, 1.54) is 11.8 Å². The summed E-state index contributed by atoms with van der Waals surface area (Å²) in [5.41, 5.74) is 4.07. The van der Waals surface area contributed by atoms with Gasteiger partial charge in [0.15, 0.2) is 5.16 Å². The van der Waals surface area contributed by atoms with E-state index in [0.717, 1.165) is 22.5 Å². The van der Waals surface area contributed by atoms with Crippen LogP contribution < -0.4 is 10.9 Å². The van der Waals surface area contributed by atoms with Gasteiger partial charge in [-0.15, -0.1) is 0 Å². The normalized spacial score (nSPS) is 12.0. The van der Waals surface area contributed by atoms with E-state index in [1.54, 1.807) is 10.6 Å². The summed E-state index contributed by atoms with van der Waals surface area (Å²) in [6, 6.07) is 22.6. The average Bonchev–Trinajstić information content (AvgIpc) is 2.76. The van der Waals surface area contributed by atoms with Gasteiger partial charge in [0.1, 0.15) is 0 Å². The first kappa shape index (κ1) is 20.9. The summed E-state index contributed by atoms with van der Waals surface area (Å²) in [6.07, 6.45) is 0. The van der Waals surface area contributed by atoms with Crippen molar-refractivity contribution in [3.63, 3.8) is 0 Å². The third-order valence-corrected chi connectivity index (χ3v) is 6.14. The molecule has 1 atom stereocenters. The van der Waals surface area contributed by atoms with Gasteiger partial charge >= 0.3 is 0 Å². The summed E-state index contributed by atoms with van der Waals surface area (Å²) in [7, 11) is 0. The van der Waals surface area contributed by atoms with Crippen LogP contribution in [0.4, 0.5) is 5.69 Å². The van der Waals surface area contributed by atoms with Crippen LogP contribution in [0.15, 0.2) is 82.7 Å². The van der Waals surface area contributed by atoms with Crippen LogP contribution in [0.3, 0.4) is 0 Å². The molecule has 1 unspecified atom stereocenters. The second kappa shape index (κ2) is 8.78. The van der Waals surface area contributed by atoms with Crippen LogP contribution in [0.5, 0.6) is 0 Å². The Bertz CT molecular complexity index is 1310. The molecule has 0 bridgehead atoms. The fraction of sp³-hybridized carbons (Fsp3) is 0.160. The SMILES string of the molecule is Cc1ccc(-n2c(SC(C)C(=O)Nc3ccccc3C)nc3ccccc3c2=O)cc1. The number of carbonyl (C=O) groups is 1. The number of hydrogen-bond acceptors (Lipinski definition) is 4. The number of rotatable bonds is 5. The second-order valence-corrected chi connectivity index (χ2v) is 8.76. The predicted molar refractivity (Wildman–Crippen MR) is 127 cm³/mol. The molecule has 4 aromatic rings. The molecular formula is C25H23N3O2S. The molecular weight excluding hydrogens is 406 g/mol. The van der Waals surface area contributed by atoms with Gasteiger partial charge in [-0.25, -0.2) is 4.98 Å². The van der Waals surface area contributed by atoms with E-state index in [9.17, 15) is 9.59 Å². The Labute approximate surface area is 185 Å². The zero-order valence-electron chi connectivity index (χ0n) is 17.6. The van der Waals surface area contributed by atoms with E-state index < -0.39 is 5.25 Å². The molecule has 0 spiro atoms. The van der Waals surface area contributed by atoms with Gasteiger partial charge in [-0.1, -0.05) is 59.8 Å². The molecule has 31 heavy (non-hydrogen) atoms. The minimum Gasteiger partial charge on any atom is -0.325 e. The highest BCUT2D eigenvalue weighted by Crippen LogP contribution is 2.26. The monoisotopic (exact) mass is 429 g/mol. The number of thioether (sulfide) groups is 1. The Balaban J connectivity index is 1.73. The number of hydrogen-bond donors (Lipinski definition) is 1. The van der Waals surface area contributed by atoms with Gasteiger partial charge < -0.3 is 5.32 Å². The van der Waals surface area contributed by atoms with Crippen LogP contribution in [0.1, 0.15) is 18.1 Å². The number of nitrogens with zero attached hydrogens (tertiary/aromatic N) is 2. The average molecular weight is 430 g/mol. The molecule has 1 heterocycles. The van der Waals surface area contributed by atoms with Crippen LogP contribution in [-0.4, -0.2) is 20.7 Å². The van der Waals surface area contributed by atoms with Gasteiger partial charge in [-0.3, -0.25) is 14.2 Å². The van der Waals surface area contributed by atoms with Crippen molar-refractivity contribution in [2.75, 3.05) is 5.32 Å². The molecule has 0 aliphatic rings. The molecule has 1 aromatic heterocycles. The molecule has 0 aliphatic heterocycles. The second-order valence-electron chi connectivity index (χ2n) is 7.45. The van der Waals surface area contributed by atoms with E-state index in [1.807, 2.05) is 87.5 Å². The number of anilines is 1. The van der Waals surface area contributed by atoms with Crippen LogP contribution >= 0.6 is 11.8 Å².